The van der Waals surface area contributed by atoms with E-state index in [4.69, 9.17) is 4.74 Å². The van der Waals surface area contributed by atoms with Gasteiger partial charge in [0.1, 0.15) is 0 Å². The highest BCUT2D eigenvalue weighted by Gasteiger charge is 2.27. The van der Waals surface area contributed by atoms with E-state index in [0.717, 1.165) is 39.1 Å². The molecule has 2 heterocycles. The fourth-order valence-corrected chi connectivity index (χ4v) is 3.13. The Labute approximate surface area is 117 Å². The zero-order valence-corrected chi connectivity index (χ0v) is 12.3. The van der Waals surface area contributed by atoms with Crippen LogP contribution in [-0.4, -0.2) is 61.1 Å². The van der Waals surface area contributed by atoms with Crippen molar-refractivity contribution in [3.63, 3.8) is 0 Å². The lowest BCUT2D eigenvalue weighted by atomic mass is 10.1. The summed E-state index contributed by atoms with van der Waals surface area (Å²) in [5, 5.41) is 0. The van der Waals surface area contributed by atoms with Gasteiger partial charge in [0.2, 0.25) is 5.91 Å². The molecule has 2 aliphatic heterocycles. The Morgan fingerprint density at radius 2 is 1.89 bits per heavy atom. The Morgan fingerprint density at radius 3 is 2.58 bits per heavy atom. The van der Waals surface area contributed by atoms with Crippen LogP contribution in [0.3, 0.4) is 0 Å². The summed E-state index contributed by atoms with van der Waals surface area (Å²) in [6.07, 6.45) is 7.30. The largest absolute Gasteiger partial charge is 0.377 e. The highest BCUT2D eigenvalue weighted by Crippen LogP contribution is 2.14. The number of hydrogen-bond donors (Lipinski definition) is 0. The molecule has 2 fully saturated rings. The Kier molecular flexibility index (Phi) is 6.11. The van der Waals surface area contributed by atoms with Gasteiger partial charge in [-0.15, -0.1) is 0 Å². The number of nitrogens with zero attached hydrogens (tertiary/aromatic N) is 2. The van der Waals surface area contributed by atoms with Gasteiger partial charge in [0.15, 0.2) is 0 Å². The lowest BCUT2D eigenvalue weighted by Crippen LogP contribution is -2.51. The van der Waals surface area contributed by atoms with Crippen LogP contribution in [0.4, 0.5) is 0 Å². The number of ether oxygens (including phenoxy) is 1. The maximum atomic E-state index is 12.5. The molecule has 0 spiro atoms. The first-order chi connectivity index (χ1) is 9.31. The van der Waals surface area contributed by atoms with Crippen molar-refractivity contribution in [1.29, 1.82) is 0 Å². The van der Waals surface area contributed by atoms with Crippen LogP contribution in [0.2, 0.25) is 0 Å². The quantitative estimate of drug-likeness (QED) is 0.780. The second-order valence-corrected chi connectivity index (χ2v) is 5.79. The van der Waals surface area contributed by atoms with Crippen LogP contribution < -0.4 is 0 Å². The monoisotopic (exact) mass is 268 g/mol. The Bertz CT molecular complexity index is 273. The lowest BCUT2D eigenvalue weighted by molar-refractivity contribution is -0.141. The zero-order chi connectivity index (χ0) is 13.5. The zero-order valence-electron chi connectivity index (χ0n) is 12.3. The van der Waals surface area contributed by atoms with Gasteiger partial charge in [-0.2, -0.15) is 0 Å². The first kappa shape index (κ1) is 14.8. The molecular formula is C15H28N2O2. The summed E-state index contributed by atoms with van der Waals surface area (Å²) in [7, 11) is 0. The van der Waals surface area contributed by atoms with Gasteiger partial charge in [0.05, 0.1) is 25.8 Å². The van der Waals surface area contributed by atoms with Crippen LogP contribution in [-0.2, 0) is 9.53 Å². The topological polar surface area (TPSA) is 32.8 Å². The van der Waals surface area contributed by atoms with Crippen molar-refractivity contribution >= 4 is 5.91 Å². The summed E-state index contributed by atoms with van der Waals surface area (Å²) in [6, 6.07) is 0.304. The summed E-state index contributed by atoms with van der Waals surface area (Å²) in [6.45, 7) is 7.16. The third kappa shape index (κ3) is 4.46. The molecule has 2 rings (SSSR count). The molecule has 0 radical (unpaired) electrons. The normalized spacial score (nSPS) is 26.2. The molecule has 0 saturated carbocycles. The minimum absolute atomic E-state index is 0.304. The van der Waals surface area contributed by atoms with E-state index in [9.17, 15) is 4.79 Å². The molecule has 1 atom stereocenters. The molecule has 19 heavy (non-hydrogen) atoms. The minimum atomic E-state index is 0.304. The Morgan fingerprint density at radius 1 is 1.16 bits per heavy atom. The number of hydrogen-bond acceptors (Lipinski definition) is 3. The van der Waals surface area contributed by atoms with Gasteiger partial charge in [-0.05, 0) is 32.4 Å². The average molecular weight is 268 g/mol. The van der Waals surface area contributed by atoms with Crippen molar-refractivity contribution in [3.8, 4) is 0 Å². The van der Waals surface area contributed by atoms with Crippen LogP contribution in [0.5, 0.6) is 0 Å². The van der Waals surface area contributed by atoms with E-state index in [2.05, 4.69) is 16.7 Å². The molecule has 1 amide bonds. The summed E-state index contributed by atoms with van der Waals surface area (Å²) >= 11 is 0. The second kappa shape index (κ2) is 7.85. The molecule has 4 heteroatoms. The molecule has 0 bridgehead atoms. The standard InChI is InChI=1S/C15H28N2O2/c1-2-7-14-13-19-11-10-17(14)15(18)12-16-8-5-3-4-6-9-16/h14H,2-13H2,1H3. The van der Waals surface area contributed by atoms with Gasteiger partial charge in [0.25, 0.3) is 0 Å². The number of rotatable bonds is 4. The lowest BCUT2D eigenvalue weighted by Gasteiger charge is -2.36. The Hall–Kier alpha value is -0.610. The van der Waals surface area contributed by atoms with Crippen molar-refractivity contribution in [2.24, 2.45) is 0 Å². The van der Waals surface area contributed by atoms with Gasteiger partial charge in [-0.25, -0.2) is 0 Å². The smallest absolute Gasteiger partial charge is 0.237 e. The van der Waals surface area contributed by atoms with Crippen LogP contribution in [0.1, 0.15) is 45.4 Å². The molecule has 4 nitrogen and oxygen atoms in total. The summed E-state index contributed by atoms with van der Waals surface area (Å²) < 4.78 is 5.52. The predicted octanol–water partition coefficient (Wildman–Crippen LogP) is 1.89. The highest BCUT2D eigenvalue weighted by molar-refractivity contribution is 5.78. The SMILES string of the molecule is CCCC1COCCN1C(=O)CN1CCCCCC1. The third-order valence-corrected chi connectivity index (χ3v) is 4.23. The van der Waals surface area contributed by atoms with E-state index in [1.165, 1.54) is 25.7 Å². The van der Waals surface area contributed by atoms with E-state index >= 15 is 0 Å². The first-order valence-electron chi connectivity index (χ1n) is 7.91. The maximum Gasteiger partial charge on any atom is 0.237 e. The average Bonchev–Trinajstić information content (AvgIpc) is 2.68. The molecule has 0 aromatic rings. The van der Waals surface area contributed by atoms with Crippen molar-refractivity contribution in [2.45, 2.75) is 51.5 Å². The maximum absolute atomic E-state index is 12.5. The van der Waals surface area contributed by atoms with Gasteiger partial charge in [-0.1, -0.05) is 26.2 Å². The molecule has 2 aliphatic rings. The van der Waals surface area contributed by atoms with Gasteiger partial charge >= 0.3 is 0 Å². The van der Waals surface area contributed by atoms with Gasteiger partial charge < -0.3 is 9.64 Å². The van der Waals surface area contributed by atoms with Gasteiger partial charge in [0, 0.05) is 6.54 Å². The van der Waals surface area contributed by atoms with E-state index < -0.39 is 0 Å². The number of amides is 1. The summed E-state index contributed by atoms with van der Waals surface area (Å²) in [5.74, 6) is 0.309. The molecule has 0 aromatic heterocycles. The molecule has 2 saturated heterocycles. The summed E-state index contributed by atoms with van der Waals surface area (Å²) in [5.41, 5.74) is 0. The van der Waals surface area contributed by atoms with Crippen LogP contribution >= 0.6 is 0 Å². The van der Waals surface area contributed by atoms with Crippen LogP contribution in [0.15, 0.2) is 0 Å². The van der Waals surface area contributed by atoms with Crippen LogP contribution in [0.25, 0.3) is 0 Å². The molecule has 110 valence electrons. The number of likely N-dealkylation sites (tertiary alicyclic amines) is 1. The molecule has 0 N–H and O–H groups in total. The van der Waals surface area contributed by atoms with Crippen molar-refractivity contribution in [1.82, 2.24) is 9.80 Å². The molecule has 1 unspecified atom stereocenters. The molecule has 0 aromatic carbocycles. The molecule has 0 aliphatic carbocycles. The first-order valence-corrected chi connectivity index (χ1v) is 7.91. The fraction of sp³-hybridized carbons (Fsp3) is 0.933. The summed E-state index contributed by atoms with van der Waals surface area (Å²) in [4.78, 5) is 16.9. The number of carbonyl (C=O) groups is 1. The highest BCUT2D eigenvalue weighted by atomic mass is 16.5. The number of carbonyl (C=O) groups excluding carboxylic acids is 1. The second-order valence-electron chi connectivity index (χ2n) is 5.79. The van der Waals surface area contributed by atoms with Crippen molar-refractivity contribution < 1.29 is 9.53 Å². The van der Waals surface area contributed by atoms with Crippen LogP contribution in [0, 0.1) is 0 Å². The van der Waals surface area contributed by atoms with Crippen molar-refractivity contribution in [3.05, 3.63) is 0 Å². The van der Waals surface area contributed by atoms with E-state index in [1.807, 2.05) is 0 Å². The van der Waals surface area contributed by atoms with E-state index in [0.29, 0.717) is 25.1 Å². The molecular weight excluding hydrogens is 240 g/mol. The number of morpholine rings is 1. The van der Waals surface area contributed by atoms with Gasteiger partial charge in [-0.3, -0.25) is 9.69 Å². The predicted molar refractivity (Wildman–Crippen MR) is 76.1 cm³/mol. The third-order valence-electron chi connectivity index (χ3n) is 4.23. The van der Waals surface area contributed by atoms with Crippen molar-refractivity contribution in [2.75, 3.05) is 39.4 Å². The van der Waals surface area contributed by atoms with E-state index in [-0.39, 0.29) is 0 Å². The minimum Gasteiger partial charge on any atom is -0.377 e. The van der Waals surface area contributed by atoms with E-state index in [1.54, 1.807) is 0 Å². The fourth-order valence-electron chi connectivity index (χ4n) is 3.13. The Balaban J connectivity index is 1.85.